The minimum absolute atomic E-state index is 0.164. The first-order chi connectivity index (χ1) is 9.72. The molecule has 1 N–H and O–H groups in total. The van der Waals surface area contributed by atoms with Crippen LogP contribution >= 0.6 is 0 Å². The molecule has 3 heterocycles. The number of rotatable bonds is 3. The highest BCUT2D eigenvalue weighted by molar-refractivity contribution is 5.95. The van der Waals surface area contributed by atoms with Crippen molar-refractivity contribution < 1.29 is 4.79 Å². The molecule has 0 aromatic carbocycles. The number of fused-ring (bicyclic) bond motifs is 1. The number of carbonyl (C=O) groups is 1. The van der Waals surface area contributed by atoms with E-state index in [9.17, 15) is 4.79 Å². The van der Waals surface area contributed by atoms with Crippen molar-refractivity contribution in [2.45, 2.75) is 6.92 Å². The van der Waals surface area contributed by atoms with E-state index in [0.29, 0.717) is 22.7 Å². The van der Waals surface area contributed by atoms with Gasteiger partial charge in [0.15, 0.2) is 17.4 Å². The topological polar surface area (TPSA) is 85.1 Å². The molecule has 0 spiro atoms. The molecule has 0 aliphatic heterocycles. The number of carbonyl (C=O) groups excluding carboxylic acids is 1. The van der Waals surface area contributed by atoms with Crippen LogP contribution in [0.15, 0.2) is 30.7 Å². The summed E-state index contributed by atoms with van der Waals surface area (Å²) in [4.78, 5) is 24.5. The van der Waals surface area contributed by atoms with Gasteiger partial charge in [-0.15, -0.1) is 0 Å². The van der Waals surface area contributed by atoms with Crippen LogP contribution in [0.1, 0.15) is 17.5 Å². The second-order valence-electron chi connectivity index (χ2n) is 4.17. The number of anilines is 1. The Hall–Kier alpha value is -2.83. The van der Waals surface area contributed by atoms with E-state index in [1.54, 1.807) is 13.2 Å². The molecule has 0 amide bonds. The molecule has 0 atom stereocenters. The SMILES string of the molecule is CNc1ncnn2c(C(C)=O)nc(-c3ccccn3)c12. The first-order valence-corrected chi connectivity index (χ1v) is 6.06. The zero-order valence-electron chi connectivity index (χ0n) is 11.0. The molecule has 20 heavy (non-hydrogen) atoms. The predicted octanol–water partition coefficient (Wildman–Crippen LogP) is 1.43. The van der Waals surface area contributed by atoms with Gasteiger partial charge in [-0.05, 0) is 12.1 Å². The van der Waals surface area contributed by atoms with Gasteiger partial charge < -0.3 is 5.32 Å². The summed E-state index contributed by atoms with van der Waals surface area (Å²) < 4.78 is 1.49. The van der Waals surface area contributed by atoms with E-state index in [2.05, 4.69) is 25.4 Å². The van der Waals surface area contributed by atoms with Crippen LogP contribution in [-0.2, 0) is 0 Å². The van der Waals surface area contributed by atoms with Gasteiger partial charge in [-0.1, -0.05) is 6.07 Å². The third-order valence-corrected chi connectivity index (χ3v) is 2.89. The zero-order valence-corrected chi connectivity index (χ0v) is 11.0. The number of ketones is 1. The third-order valence-electron chi connectivity index (χ3n) is 2.89. The lowest BCUT2D eigenvalue weighted by molar-refractivity contribution is 0.100. The quantitative estimate of drug-likeness (QED) is 0.723. The largest absolute Gasteiger partial charge is 0.371 e. The second kappa shape index (κ2) is 4.69. The molecule has 7 heteroatoms. The number of pyridine rings is 1. The van der Waals surface area contributed by atoms with Crippen molar-refractivity contribution in [1.29, 1.82) is 0 Å². The summed E-state index contributed by atoms with van der Waals surface area (Å²) in [6.07, 6.45) is 3.06. The number of imidazole rings is 1. The van der Waals surface area contributed by atoms with Crippen molar-refractivity contribution >= 4 is 17.1 Å². The van der Waals surface area contributed by atoms with Crippen LogP contribution in [0.3, 0.4) is 0 Å². The van der Waals surface area contributed by atoms with Crippen molar-refractivity contribution in [1.82, 2.24) is 24.6 Å². The Kier molecular flexibility index (Phi) is 2.86. The predicted molar refractivity (Wildman–Crippen MR) is 73.6 cm³/mol. The van der Waals surface area contributed by atoms with E-state index >= 15 is 0 Å². The van der Waals surface area contributed by atoms with Gasteiger partial charge in [0.1, 0.15) is 17.5 Å². The van der Waals surface area contributed by atoms with Crippen LogP contribution in [-0.4, -0.2) is 37.4 Å². The third kappa shape index (κ3) is 1.80. The van der Waals surface area contributed by atoms with Gasteiger partial charge >= 0.3 is 0 Å². The normalized spacial score (nSPS) is 10.7. The van der Waals surface area contributed by atoms with Crippen molar-refractivity contribution in [3.8, 4) is 11.4 Å². The van der Waals surface area contributed by atoms with Gasteiger partial charge in [0.25, 0.3) is 0 Å². The first kappa shape index (κ1) is 12.2. The number of hydrogen-bond donors (Lipinski definition) is 1. The highest BCUT2D eigenvalue weighted by Gasteiger charge is 2.20. The number of Topliss-reactive ketones (excluding diaryl/α,β-unsaturated/α-hetero) is 1. The van der Waals surface area contributed by atoms with Crippen molar-refractivity contribution in [2.24, 2.45) is 0 Å². The summed E-state index contributed by atoms with van der Waals surface area (Å²) in [6, 6.07) is 5.52. The van der Waals surface area contributed by atoms with E-state index < -0.39 is 0 Å². The van der Waals surface area contributed by atoms with E-state index in [4.69, 9.17) is 0 Å². The Balaban J connectivity index is 2.40. The van der Waals surface area contributed by atoms with Gasteiger partial charge in [0, 0.05) is 20.2 Å². The second-order valence-corrected chi connectivity index (χ2v) is 4.17. The highest BCUT2D eigenvalue weighted by Crippen LogP contribution is 2.26. The molecular weight excluding hydrogens is 256 g/mol. The smallest absolute Gasteiger partial charge is 0.198 e. The van der Waals surface area contributed by atoms with Gasteiger partial charge in [-0.2, -0.15) is 5.10 Å². The average molecular weight is 268 g/mol. The molecule has 3 aromatic heterocycles. The van der Waals surface area contributed by atoms with Crippen LogP contribution < -0.4 is 5.32 Å². The lowest BCUT2D eigenvalue weighted by Crippen LogP contribution is -2.05. The summed E-state index contributed by atoms with van der Waals surface area (Å²) in [7, 11) is 1.75. The first-order valence-electron chi connectivity index (χ1n) is 6.06. The van der Waals surface area contributed by atoms with Crippen LogP contribution in [0.5, 0.6) is 0 Å². The molecule has 0 fully saturated rings. The molecule has 0 unspecified atom stereocenters. The fraction of sp³-hybridized carbons (Fsp3) is 0.154. The summed E-state index contributed by atoms with van der Waals surface area (Å²) in [5, 5.41) is 7.09. The fourth-order valence-corrected chi connectivity index (χ4v) is 2.03. The summed E-state index contributed by atoms with van der Waals surface area (Å²) in [5.74, 6) is 0.697. The van der Waals surface area contributed by atoms with Crippen LogP contribution in [0.25, 0.3) is 16.9 Å². The minimum Gasteiger partial charge on any atom is -0.371 e. The molecule has 100 valence electrons. The Morgan fingerprint density at radius 1 is 1.30 bits per heavy atom. The molecular formula is C13H12N6O. The van der Waals surface area contributed by atoms with Gasteiger partial charge in [-0.3, -0.25) is 9.78 Å². The van der Waals surface area contributed by atoms with Crippen molar-refractivity contribution in [3.05, 3.63) is 36.5 Å². The molecule has 0 bridgehead atoms. The van der Waals surface area contributed by atoms with Gasteiger partial charge in [-0.25, -0.2) is 14.5 Å². The van der Waals surface area contributed by atoms with E-state index in [1.807, 2.05) is 18.2 Å². The Labute approximate surface area is 114 Å². The number of nitrogens with one attached hydrogen (secondary N) is 1. The number of aromatic nitrogens is 5. The summed E-state index contributed by atoms with van der Waals surface area (Å²) in [6.45, 7) is 1.46. The van der Waals surface area contributed by atoms with Crippen molar-refractivity contribution in [2.75, 3.05) is 12.4 Å². The van der Waals surface area contributed by atoms with E-state index in [1.165, 1.54) is 17.8 Å². The molecule has 0 saturated carbocycles. The molecule has 0 aliphatic carbocycles. The van der Waals surface area contributed by atoms with Crippen LogP contribution in [0, 0.1) is 0 Å². The molecule has 0 saturated heterocycles. The van der Waals surface area contributed by atoms with Crippen LogP contribution in [0.2, 0.25) is 0 Å². The maximum absolute atomic E-state index is 11.7. The molecule has 0 radical (unpaired) electrons. The average Bonchev–Trinajstić information content (AvgIpc) is 2.88. The monoisotopic (exact) mass is 268 g/mol. The minimum atomic E-state index is -0.164. The summed E-state index contributed by atoms with van der Waals surface area (Å²) in [5.41, 5.74) is 1.89. The summed E-state index contributed by atoms with van der Waals surface area (Å²) >= 11 is 0. The molecule has 7 nitrogen and oxygen atoms in total. The molecule has 0 aliphatic rings. The van der Waals surface area contributed by atoms with Crippen LogP contribution in [0.4, 0.5) is 5.82 Å². The van der Waals surface area contributed by atoms with Gasteiger partial charge in [0.2, 0.25) is 0 Å². The molecule has 3 aromatic rings. The Bertz CT molecular complexity index is 780. The van der Waals surface area contributed by atoms with Gasteiger partial charge in [0.05, 0.1) is 5.69 Å². The van der Waals surface area contributed by atoms with E-state index in [-0.39, 0.29) is 11.6 Å². The molecule has 3 rings (SSSR count). The standard InChI is InChI=1S/C13H12N6O/c1-8(20)13-18-10(9-5-3-4-6-15-9)11-12(14-2)16-7-17-19(11)13/h3-7H,1-2H3,(H,14,16,17). The number of hydrogen-bond acceptors (Lipinski definition) is 6. The van der Waals surface area contributed by atoms with E-state index in [0.717, 1.165) is 0 Å². The highest BCUT2D eigenvalue weighted by atomic mass is 16.1. The maximum atomic E-state index is 11.7. The lowest BCUT2D eigenvalue weighted by atomic mass is 10.2. The maximum Gasteiger partial charge on any atom is 0.198 e. The fourth-order valence-electron chi connectivity index (χ4n) is 2.03. The number of nitrogens with zero attached hydrogens (tertiary/aromatic N) is 5. The Morgan fingerprint density at radius 2 is 2.15 bits per heavy atom. The lowest BCUT2D eigenvalue weighted by Gasteiger charge is -2.03. The van der Waals surface area contributed by atoms with Crippen molar-refractivity contribution in [3.63, 3.8) is 0 Å². The Morgan fingerprint density at radius 3 is 2.80 bits per heavy atom. The zero-order chi connectivity index (χ0) is 14.1.